The van der Waals surface area contributed by atoms with Gasteiger partial charge in [-0.05, 0) is 34.1 Å². The van der Waals surface area contributed by atoms with Crippen LogP contribution in [0.2, 0.25) is 0 Å². The number of hydrogen-bond donors (Lipinski definition) is 1. The van der Waals surface area contributed by atoms with Crippen LogP contribution < -0.4 is 0 Å². The molecule has 2 aliphatic rings. The maximum absolute atomic E-state index is 10.6. The van der Waals surface area contributed by atoms with Gasteiger partial charge < -0.3 is 14.7 Å². The Morgan fingerprint density at radius 3 is 2.25 bits per heavy atom. The summed E-state index contributed by atoms with van der Waals surface area (Å²) in [5, 5.41) is 8.74. The van der Waals surface area contributed by atoms with Gasteiger partial charge in [-0.1, -0.05) is 0 Å². The number of carboxylic acids is 1. The molecule has 1 unspecified atom stereocenters. The van der Waals surface area contributed by atoms with E-state index in [4.69, 9.17) is 9.84 Å². The third-order valence-electron chi connectivity index (χ3n) is 4.52. The van der Waals surface area contributed by atoms with Gasteiger partial charge in [-0.3, -0.25) is 9.69 Å². The Balaban J connectivity index is 1.86. The molecule has 0 amide bonds. The normalized spacial score (nSPS) is 30.5. The van der Waals surface area contributed by atoms with Crippen molar-refractivity contribution < 1.29 is 14.6 Å². The zero-order chi connectivity index (χ0) is 15.0. The van der Waals surface area contributed by atoms with Crippen LogP contribution in [0, 0.1) is 0 Å². The molecule has 2 heterocycles. The second kappa shape index (κ2) is 5.62. The Morgan fingerprint density at radius 2 is 1.80 bits per heavy atom. The van der Waals surface area contributed by atoms with Crippen LogP contribution in [0.15, 0.2) is 0 Å². The van der Waals surface area contributed by atoms with Crippen molar-refractivity contribution in [2.24, 2.45) is 0 Å². The quantitative estimate of drug-likeness (QED) is 0.846. The van der Waals surface area contributed by atoms with E-state index >= 15 is 0 Å². The Labute approximate surface area is 121 Å². The molecule has 0 spiro atoms. The van der Waals surface area contributed by atoms with Gasteiger partial charge in [-0.15, -0.1) is 0 Å². The van der Waals surface area contributed by atoms with Crippen molar-refractivity contribution in [2.75, 3.05) is 32.7 Å². The van der Waals surface area contributed by atoms with Crippen molar-refractivity contribution in [3.8, 4) is 0 Å². The van der Waals surface area contributed by atoms with Gasteiger partial charge >= 0.3 is 5.97 Å². The molecule has 0 aromatic heterocycles. The van der Waals surface area contributed by atoms with E-state index in [-0.39, 0.29) is 17.6 Å². The number of hydrogen-bond acceptors (Lipinski definition) is 4. The van der Waals surface area contributed by atoms with Gasteiger partial charge in [0.1, 0.15) is 0 Å². The van der Waals surface area contributed by atoms with Crippen molar-refractivity contribution >= 4 is 5.97 Å². The summed E-state index contributed by atoms with van der Waals surface area (Å²) in [6.07, 6.45) is 1.31. The van der Waals surface area contributed by atoms with E-state index in [1.165, 1.54) is 0 Å². The first-order chi connectivity index (χ1) is 9.20. The van der Waals surface area contributed by atoms with Crippen LogP contribution in [-0.2, 0) is 9.53 Å². The minimum atomic E-state index is -0.709. The number of nitrogens with zero attached hydrogens (tertiary/aromatic N) is 2. The highest BCUT2D eigenvalue weighted by atomic mass is 16.5. The molecule has 116 valence electrons. The molecule has 5 heteroatoms. The minimum Gasteiger partial charge on any atom is -0.481 e. The SMILES string of the molecule is CC1(C)CC(N2CCN(CCC(=O)O)CC2)C(C)(C)O1. The lowest BCUT2D eigenvalue weighted by atomic mass is 9.92. The summed E-state index contributed by atoms with van der Waals surface area (Å²) >= 11 is 0. The lowest BCUT2D eigenvalue weighted by molar-refractivity contribution is -0.137. The van der Waals surface area contributed by atoms with Crippen LogP contribution in [-0.4, -0.2) is 70.8 Å². The largest absolute Gasteiger partial charge is 0.481 e. The Hall–Kier alpha value is -0.650. The van der Waals surface area contributed by atoms with Crippen LogP contribution in [0.5, 0.6) is 0 Å². The van der Waals surface area contributed by atoms with Crippen LogP contribution in [0.4, 0.5) is 0 Å². The van der Waals surface area contributed by atoms with Crippen molar-refractivity contribution in [3.63, 3.8) is 0 Å². The number of rotatable bonds is 4. The molecule has 2 aliphatic heterocycles. The summed E-state index contributed by atoms with van der Waals surface area (Å²) in [7, 11) is 0. The van der Waals surface area contributed by atoms with Crippen molar-refractivity contribution in [1.29, 1.82) is 0 Å². The fourth-order valence-corrected chi connectivity index (χ4v) is 3.65. The molecule has 1 N–H and O–H groups in total. The third-order valence-corrected chi connectivity index (χ3v) is 4.52. The number of aliphatic carboxylic acids is 1. The van der Waals surface area contributed by atoms with Crippen molar-refractivity contribution in [1.82, 2.24) is 9.80 Å². The average molecular weight is 284 g/mol. The summed E-state index contributed by atoms with van der Waals surface area (Å²) < 4.78 is 6.17. The molecule has 0 aromatic carbocycles. The average Bonchev–Trinajstić information content (AvgIpc) is 2.55. The molecule has 0 radical (unpaired) electrons. The molecular formula is C15H28N2O3. The summed E-state index contributed by atoms with van der Waals surface area (Å²) in [6.45, 7) is 13.3. The summed E-state index contributed by atoms with van der Waals surface area (Å²) in [5.41, 5.74) is -0.151. The maximum atomic E-state index is 10.6. The molecule has 1 atom stereocenters. The van der Waals surface area contributed by atoms with Crippen LogP contribution in [0.25, 0.3) is 0 Å². The standard InChI is InChI=1S/C15H28N2O3/c1-14(2)11-12(15(3,4)20-14)17-9-7-16(8-10-17)6-5-13(18)19/h12H,5-11H2,1-4H3,(H,18,19). The molecule has 0 saturated carbocycles. The lowest BCUT2D eigenvalue weighted by Gasteiger charge is -2.41. The highest BCUT2D eigenvalue weighted by molar-refractivity contribution is 5.66. The molecule has 2 saturated heterocycles. The molecular weight excluding hydrogens is 256 g/mol. The van der Waals surface area contributed by atoms with Crippen molar-refractivity contribution in [2.45, 2.75) is 57.8 Å². The van der Waals surface area contributed by atoms with Gasteiger partial charge in [-0.2, -0.15) is 0 Å². The first kappa shape index (κ1) is 15.7. The number of ether oxygens (including phenoxy) is 1. The summed E-state index contributed by atoms with van der Waals surface area (Å²) in [6, 6.07) is 0.458. The molecule has 2 fully saturated rings. The first-order valence-corrected chi connectivity index (χ1v) is 7.58. The predicted octanol–water partition coefficient (Wildman–Crippen LogP) is 1.42. The van der Waals surface area contributed by atoms with E-state index in [0.717, 1.165) is 32.6 Å². The van der Waals surface area contributed by atoms with E-state index in [0.29, 0.717) is 12.6 Å². The third kappa shape index (κ3) is 3.71. The minimum absolute atomic E-state index is 0.0470. The van der Waals surface area contributed by atoms with Crippen LogP contribution >= 0.6 is 0 Å². The van der Waals surface area contributed by atoms with E-state index in [9.17, 15) is 4.79 Å². The zero-order valence-corrected chi connectivity index (χ0v) is 13.2. The predicted molar refractivity (Wildman–Crippen MR) is 77.9 cm³/mol. The fraction of sp³-hybridized carbons (Fsp3) is 0.933. The second-order valence-corrected chi connectivity index (χ2v) is 7.21. The molecule has 20 heavy (non-hydrogen) atoms. The lowest BCUT2D eigenvalue weighted by Crippen LogP contribution is -2.55. The van der Waals surface area contributed by atoms with E-state index in [2.05, 4.69) is 37.5 Å². The van der Waals surface area contributed by atoms with Crippen LogP contribution in [0.1, 0.15) is 40.5 Å². The van der Waals surface area contributed by atoms with Crippen molar-refractivity contribution in [3.05, 3.63) is 0 Å². The van der Waals surface area contributed by atoms with Crippen LogP contribution in [0.3, 0.4) is 0 Å². The smallest absolute Gasteiger partial charge is 0.304 e. The first-order valence-electron chi connectivity index (χ1n) is 7.58. The number of carbonyl (C=O) groups is 1. The highest BCUT2D eigenvalue weighted by Gasteiger charge is 2.48. The highest BCUT2D eigenvalue weighted by Crippen LogP contribution is 2.40. The van der Waals surface area contributed by atoms with Gasteiger partial charge in [0, 0.05) is 38.8 Å². The molecule has 2 rings (SSSR count). The second-order valence-electron chi connectivity index (χ2n) is 7.21. The van der Waals surface area contributed by atoms with Gasteiger partial charge in [0.2, 0.25) is 0 Å². The van der Waals surface area contributed by atoms with E-state index in [1.54, 1.807) is 0 Å². The van der Waals surface area contributed by atoms with Gasteiger partial charge in [0.15, 0.2) is 0 Å². The molecule has 0 aliphatic carbocycles. The number of carboxylic acid groups (broad SMARTS) is 1. The monoisotopic (exact) mass is 284 g/mol. The topological polar surface area (TPSA) is 53.0 Å². The molecule has 5 nitrogen and oxygen atoms in total. The Morgan fingerprint density at radius 1 is 1.20 bits per heavy atom. The van der Waals surface area contributed by atoms with Gasteiger partial charge in [0.05, 0.1) is 17.6 Å². The van der Waals surface area contributed by atoms with Gasteiger partial charge in [0.25, 0.3) is 0 Å². The summed E-state index contributed by atoms with van der Waals surface area (Å²) in [4.78, 5) is 15.4. The van der Waals surface area contributed by atoms with Gasteiger partial charge in [-0.25, -0.2) is 0 Å². The summed E-state index contributed by atoms with van der Waals surface area (Å²) in [5.74, 6) is -0.709. The Kier molecular flexibility index (Phi) is 4.42. The zero-order valence-electron chi connectivity index (χ0n) is 13.2. The maximum Gasteiger partial charge on any atom is 0.304 e. The van der Waals surface area contributed by atoms with E-state index < -0.39 is 5.97 Å². The Bertz CT molecular complexity index is 360. The van der Waals surface area contributed by atoms with E-state index in [1.807, 2.05) is 0 Å². The fourth-order valence-electron chi connectivity index (χ4n) is 3.65. The number of piperazine rings is 1. The molecule has 0 aromatic rings. The molecule has 0 bridgehead atoms.